The lowest BCUT2D eigenvalue weighted by Crippen LogP contribution is -2.66. The molecule has 23 heteroatoms. The number of carbonyl (C=O) groups excluding carboxylic acids is 7. The number of rotatable bonds is 37. The topological polar surface area (TPSA) is 290 Å². The van der Waals surface area contributed by atoms with Gasteiger partial charge in [-0.25, -0.2) is 0 Å². The van der Waals surface area contributed by atoms with E-state index in [1.54, 1.807) is 18.2 Å². The molecule has 0 spiro atoms. The summed E-state index contributed by atoms with van der Waals surface area (Å²) in [6.45, 7) is 16.1. The molecule has 2 heterocycles. The van der Waals surface area contributed by atoms with Crippen molar-refractivity contribution in [3.05, 3.63) is 29.3 Å². The maximum absolute atomic E-state index is 13.0. The van der Waals surface area contributed by atoms with Crippen LogP contribution in [0, 0.1) is 11.8 Å². The first-order valence-corrected chi connectivity index (χ1v) is 25.4. The summed E-state index contributed by atoms with van der Waals surface area (Å²) in [5, 5.41) is 5.61. The molecule has 74 heavy (non-hydrogen) atoms. The van der Waals surface area contributed by atoms with E-state index in [0.717, 1.165) is 20.3 Å². The third-order valence-corrected chi connectivity index (χ3v) is 11.9. The van der Waals surface area contributed by atoms with Crippen molar-refractivity contribution in [1.82, 2.24) is 10.6 Å². The second-order valence-corrected chi connectivity index (χ2v) is 17.9. The summed E-state index contributed by atoms with van der Waals surface area (Å²) < 4.78 is 73.5. The first kappa shape index (κ1) is 63.6. The average Bonchev–Trinajstić information content (AvgIpc) is 3.34. The van der Waals surface area contributed by atoms with Crippen molar-refractivity contribution in [3.8, 4) is 0 Å². The van der Waals surface area contributed by atoms with Gasteiger partial charge in [-0.15, -0.1) is 0 Å². The summed E-state index contributed by atoms with van der Waals surface area (Å²) >= 11 is 0. The van der Waals surface area contributed by atoms with Gasteiger partial charge in [-0.1, -0.05) is 20.8 Å². The molecule has 0 aromatic heterocycles. The van der Waals surface area contributed by atoms with Gasteiger partial charge in [0.25, 0.3) is 0 Å². The van der Waals surface area contributed by atoms with Crippen LogP contribution in [0.1, 0.15) is 108 Å². The minimum atomic E-state index is -1.23. The Morgan fingerprint density at radius 1 is 0.514 bits per heavy atom. The number of esters is 3. The number of ether oxygens (including phenoxy) is 13. The fourth-order valence-electron chi connectivity index (χ4n) is 8.23. The summed E-state index contributed by atoms with van der Waals surface area (Å²) in [6.07, 6.45) is -3.02. The lowest BCUT2D eigenvalue weighted by atomic mass is 9.81. The van der Waals surface area contributed by atoms with Crippen molar-refractivity contribution >= 4 is 47.0 Å². The van der Waals surface area contributed by atoms with Crippen LogP contribution in [0.3, 0.4) is 0 Å². The molecule has 0 bridgehead atoms. The van der Waals surface area contributed by atoms with Crippen LogP contribution in [0.2, 0.25) is 0 Å². The Labute approximate surface area is 434 Å². The number of hydrogen-bond acceptors (Lipinski definition) is 21. The van der Waals surface area contributed by atoms with Gasteiger partial charge in [0, 0.05) is 77.5 Å². The molecule has 0 aliphatic carbocycles. The molecule has 1 aromatic rings. The van der Waals surface area contributed by atoms with Gasteiger partial charge in [0.2, 0.25) is 11.8 Å². The van der Waals surface area contributed by atoms with Crippen LogP contribution in [0.5, 0.6) is 0 Å². The highest BCUT2D eigenvalue weighted by Crippen LogP contribution is 2.33. The van der Waals surface area contributed by atoms with Gasteiger partial charge in [0.15, 0.2) is 36.4 Å². The molecule has 2 saturated heterocycles. The van der Waals surface area contributed by atoms with Gasteiger partial charge < -0.3 is 77.9 Å². The third kappa shape index (κ3) is 24.3. The molecule has 2 unspecified atom stereocenters. The molecule has 0 saturated carbocycles. The number of Topliss-reactive ketones (excluding diaryl/α,β-unsaturated/α-hetero) is 2. The SMILES string of the molecule is CC[C@H]1OC(OCCOCCOCCOCCCC(=O)c2cc(N)cc(C(=O)CCCOCCOCCOCCOC3O[C@H](COC(C)=O)[C@H](OC(C)=O)[C@H](OC(C)=O)[C@H]3NC(C)=O)c2)[C@H](NC(C)=O)[C@@H](C)[C@H]1C. The third-order valence-electron chi connectivity index (χ3n) is 11.9. The number of nitrogens with one attached hydrogen (secondary N) is 2. The molecule has 2 amide bonds. The maximum atomic E-state index is 13.0. The molecule has 3 rings (SSSR count). The van der Waals surface area contributed by atoms with Gasteiger partial charge in [-0.05, 0) is 49.3 Å². The van der Waals surface area contributed by atoms with E-state index in [4.69, 9.17) is 67.3 Å². The van der Waals surface area contributed by atoms with E-state index in [1.165, 1.54) is 20.8 Å². The van der Waals surface area contributed by atoms with Crippen LogP contribution in [0.4, 0.5) is 5.69 Å². The maximum Gasteiger partial charge on any atom is 0.303 e. The predicted octanol–water partition coefficient (Wildman–Crippen LogP) is 2.90. The van der Waals surface area contributed by atoms with Crippen LogP contribution in [-0.4, -0.2) is 189 Å². The molecule has 2 fully saturated rings. The van der Waals surface area contributed by atoms with E-state index in [0.29, 0.717) is 82.5 Å². The van der Waals surface area contributed by atoms with E-state index in [9.17, 15) is 33.6 Å². The number of nitrogens with two attached hydrogens (primary N) is 1. The van der Waals surface area contributed by atoms with Crippen molar-refractivity contribution in [2.75, 3.05) is 105 Å². The van der Waals surface area contributed by atoms with Gasteiger partial charge in [0.1, 0.15) is 18.8 Å². The molecule has 2 aliphatic rings. The van der Waals surface area contributed by atoms with Gasteiger partial charge in [0.05, 0.1) is 91.4 Å². The lowest BCUT2D eigenvalue weighted by Gasteiger charge is -2.44. The fraction of sp³-hybridized carbons (Fsp3) is 0.745. The quantitative estimate of drug-likeness (QED) is 0.0284. The molecule has 0 radical (unpaired) electrons. The van der Waals surface area contributed by atoms with Crippen LogP contribution >= 0.6 is 0 Å². The Bertz CT molecular complexity index is 1890. The first-order chi connectivity index (χ1) is 35.4. The summed E-state index contributed by atoms with van der Waals surface area (Å²) in [5.74, 6) is -2.48. The Kier molecular flexibility index (Phi) is 30.6. The molecule has 1 aromatic carbocycles. The molecule has 4 N–H and O–H groups in total. The lowest BCUT2D eigenvalue weighted by molar-refractivity contribution is -0.279. The first-order valence-electron chi connectivity index (χ1n) is 25.4. The molecule has 2 aliphatic heterocycles. The minimum Gasteiger partial charge on any atom is -0.463 e. The zero-order valence-corrected chi connectivity index (χ0v) is 44.4. The van der Waals surface area contributed by atoms with E-state index in [-0.39, 0.29) is 101 Å². The highest BCUT2D eigenvalue weighted by Gasteiger charge is 2.51. The molecule has 23 nitrogen and oxygen atoms in total. The second kappa shape index (κ2) is 35.5. The number of nitrogen functional groups attached to an aromatic ring is 1. The van der Waals surface area contributed by atoms with Crippen LogP contribution in [0.15, 0.2) is 18.2 Å². The van der Waals surface area contributed by atoms with E-state index >= 15 is 0 Å². The van der Waals surface area contributed by atoms with E-state index in [1.807, 2.05) is 0 Å². The van der Waals surface area contributed by atoms with Crippen molar-refractivity contribution < 1.29 is 95.1 Å². The molecule has 10 atom stereocenters. The zero-order chi connectivity index (χ0) is 54.4. The van der Waals surface area contributed by atoms with Crippen molar-refractivity contribution in [3.63, 3.8) is 0 Å². The summed E-state index contributed by atoms with van der Waals surface area (Å²) in [6, 6.07) is 3.37. The Morgan fingerprint density at radius 2 is 0.919 bits per heavy atom. The summed E-state index contributed by atoms with van der Waals surface area (Å²) in [4.78, 5) is 85.3. The van der Waals surface area contributed by atoms with Gasteiger partial charge in [-0.2, -0.15) is 0 Å². The van der Waals surface area contributed by atoms with Crippen molar-refractivity contribution in [2.24, 2.45) is 11.8 Å². The highest BCUT2D eigenvalue weighted by molar-refractivity contribution is 6.02. The normalized spacial score (nSPS) is 23.6. The van der Waals surface area contributed by atoms with E-state index in [2.05, 4.69) is 31.4 Å². The molecular weight excluding hydrogens is 975 g/mol. The minimum absolute atomic E-state index is 0.0203. The monoisotopic (exact) mass is 1060 g/mol. The Balaban J connectivity index is 1.22. The fourth-order valence-corrected chi connectivity index (χ4v) is 8.23. The predicted molar refractivity (Wildman–Crippen MR) is 264 cm³/mol. The summed E-state index contributed by atoms with van der Waals surface area (Å²) in [5.41, 5.74) is 7.11. The molecular formula is C51H81N3O20. The highest BCUT2D eigenvalue weighted by atomic mass is 16.7. The number of anilines is 1. The van der Waals surface area contributed by atoms with Crippen LogP contribution in [-0.2, 0) is 85.6 Å². The Morgan fingerprint density at radius 3 is 1.35 bits per heavy atom. The van der Waals surface area contributed by atoms with Gasteiger partial charge in [-0.3, -0.25) is 33.6 Å². The number of amides is 2. The van der Waals surface area contributed by atoms with Gasteiger partial charge >= 0.3 is 17.9 Å². The second-order valence-electron chi connectivity index (χ2n) is 17.9. The zero-order valence-electron chi connectivity index (χ0n) is 44.4. The smallest absolute Gasteiger partial charge is 0.303 e. The number of hydrogen-bond donors (Lipinski definition) is 3. The molecule has 420 valence electrons. The van der Waals surface area contributed by atoms with Crippen LogP contribution in [0.25, 0.3) is 0 Å². The largest absolute Gasteiger partial charge is 0.463 e. The number of benzene rings is 1. The number of carbonyl (C=O) groups is 7. The average molecular weight is 1060 g/mol. The van der Waals surface area contributed by atoms with Crippen molar-refractivity contribution in [2.45, 2.75) is 137 Å². The van der Waals surface area contributed by atoms with Crippen LogP contribution < -0.4 is 16.4 Å². The Hall–Kier alpha value is -4.69. The van der Waals surface area contributed by atoms with E-state index < -0.39 is 60.7 Å². The number of ketones is 2. The standard InChI is InChI=1S/C51H81N3O20/c1-9-44-32(2)33(3)46(53-34(4)55)50(73-44)68-26-24-66-22-20-64-18-16-62-14-10-12-42(60)39-28-40(30-41(52)29-39)43(61)13-11-15-63-17-19-65-21-23-67-25-27-69-51-47(54-35(5)56)49(72-38(8)59)48(71-37(7)58)45(74-51)31-70-36(6)57/h28-30,32-33,44-51H,9-27,31,52H2,1-8H3,(H,53,55)(H,54,56)/t32-,33+,44-,45-,46-,47-,48+,49-,50?,51?/m1/s1. The van der Waals surface area contributed by atoms with Crippen molar-refractivity contribution in [1.29, 1.82) is 0 Å². The summed E-state index contributed by atoms with van der Waals surface area (Å²) in [7, 11) is 0.